The molecule has 0 saturated carbocycles. The predicted octanol–water partition coefficient (Wildman–Crippen LogP) is 2.44. The average molecular weight is 373 g/mol. The van der Waals surface area contributed by atoms with Gasteiger partial charge in [-0.25, -0.2) is 13.5 Å². The number of hydrogen-bond donors (Lipinski definition) is 1. The molecule has 0 spiro atoms. The highest BCUT2D eigenvalue weighted by Crippen LogP contribution is 2.16. The number of halogens is 2. The minimum Gasteiger partial charge on any atom is -0.332 e. The first-order valence-electron chi connectivity index (χ1n) is 8.22. The number of rotatable bonds is 5. The van der Waals surface area contributed by atoms with Crippen LogP contribution in [0, 0.1) is 11.6 Å². The zero-order valence-corrected chi connectivity index (χ0v) is 14.7. The summed E-state index contributed by atoms with van der Waals surface area (Å²) in [5.74, 6) is -2.49. The van der Waals surface area contributed by atoms with Crippen LogP contribution >= 0.6 is 0 Å². The number of amides is 2. The number of aromatic nitrogens is 3. The quantitative estimate of drug-likeness (QED) is 0.745. The minimum absolute atomic E-state index is 0.279. The summed E-state index contributed by atoms with van der Waals surface area (Å²) in [7, 11) is 1.44. The molecule has 0 radical (unpaired) electrons. The van der Waals surface area contributed by atoms with E-state index >= 15 is 0 Å². The van der Waals surface area contributed by atoms with Crippen LogP contribution in [0.1, 0.15) is 17.3 Å². The van der Waals surface area contributed by atoms with Gasteiger partial charge in [-0.15, -0.1) is 5.10 Å². The van der Waals surface area contributed by atoms with Gasteiger partial charge in [0.1, 0.15) is 17.2 Å². The van der Waals surface area contributed by atoms with Crippen molar-refractivity contribution in [3.63, 3.8) is 0 Å². The number of likely N-dealkylation sites (N-methyl/N-ethyl adjacent to an activating group) is 1. The van der Waals surface area contributed by atoms with Gasteiger partial charge in [0.25, 0.3) is 5.91 Å². The Hall–Kier alpha value is -3.36. The molecule has 140 valence electrons. The second-order valence-electron chi connectivity index (χ2n) is 5.94. The van der Waals surface area contributed by atoms with E-state index < -0.39 is 23.4 Å². The van der Waals surface area contributed by atoms with Gasteiger partial charge in [-0.1, -0.05) is 5.21 Å². The first-order valence-corrected chi connectivity index (χ1v) is 8.22. The van der Waals surface area contributed by atoms with Gasteiger partial charge in [-0.3, -0.25) is 9.59 Å². The fourth-order valence-corrected chi connectivity index (χ4v) is 2.63. The molecule has 3 aromatic rings. The van der Waals surface area contributed by atoms with E-state index in [1.165, 1.54) is 11.9 Å². The number of nitrogens with zero attached hydrogens (tertiary/aromatic N) is 4. The smallest absolute Gasteiger partial charge is 0.254 e. The van der Waals surface area contributed by atoms with Gasteiger partial charge < -0.3 is 10.2 Å². The molecule has 1 aromatic heterocycles. The van der Waals surface area contributed by atoms with E-state index in [1.807, 2.05) is 6.92 Å². The van der Waals surface area contributed by atoms with Crippen molar-refractivity contribution >= 4 is 28.5 Å². The van der Waals surface area contributed by atoms with E-state index in [9.17, 15) is 18.4 Å². The molecule has 1 heterocycles. The molecule has 2 amide bonds. The lowest BCUT2D eigenvalue weighted by molar-refractivity contribution is -0.116. The molecule has 1 N–H and O–H groups in total. The molecule has 2 aromatic carbocycles. The van der Waals surface area contributed by atoms with E-state index in [0.29, 0.717) is 17.6 Å². The highest BCUT2D eigenvalue weighted by atomic mass is 19.1. The summed E-state index contributed by atoms with van der Waals surface area (Å²) in [6, 6.07) is 7.70. The maximum atomic E-state index is 13.6. The lowest BCUT2D eigenvalue weighted by Crippen LogP contribution is -2.35. The maximum Gasteiger partial charge on any atom is 0.254 e. The van der Waals surface area contributed by atoms with Gasteiger partial charge in [0.05, 0.1) is 17.7 Å². The minimum atomic E-state index is -0.761. The van der Waals surface area contributed by atoms with Crippen molar-refractivity contribution in [2.24, 2.45) is 0 Å². The summed E-state index contributed by atoms with van der Waals surface area (Å²) >= 11 is 0. The molecular weight excluding hydrogens is 356 g/mol. The van der Waals surface area contributed by atoms with Crippen LogP contribution in [0.5, 0.6) is 0 Å². The van der Waals surface area contributed by atoms with Crippen molar-refractivity contribution in [1.82, 2.24) is 19.9 Å². The predicted molar refractivity (Wildman–Crippen MR) is 95.2 cm³/mol. The largest absolute Gasteiger partial charge is 0.332 e. The first kappa shape index (κ1) is 18.4. The third-order valence-corrected chi connectivity index (χ3v) is 3.99. The number of nitrogens with one attached hydrogen (secondary N) is 1. The summed E-state index contributed by atoms with van der Waals surface area (Å²) in [6.45, 7) is 2.26. The molecule has 0 aliphatic carbocycles. The summed E-state index contributed by atoms with van der Waals surface area (Å²) in [5, 5.41) is 10.2. The lowest BCUT2D eigenvalue weighted by Gasteiger charge is -2.17. The van der Waals surface area contributed by atoms with Crippen LogP contribution in [0.4, 0.5) is 14.5 Å². The molecule has 0 fully saturated rings. The Morgan fingerprint density at radius 2 is 1.96 bits per heavy atom. The number of aryl methyl sites for hydroxylation is 1. The Kier molecular flexibility index (Phi) is 5.11. The molecule has 0 unspecified atom stereocenters. The summed E-state index contributed by atoms with van der Waals surface area (Å²) < 4.78 is 28.5. The molecule has 0 bridgehead atoms. The topological polar surface area (TPSA) is 80.1 Å². The van der Waals surface area contributed by atoms with E-state index in [-0.39, 0.29) is 12.2 Å². The van der Waals surface area contributed by atoms with Gasteiger partial charge in [-0.05, 0) is 37.3 Å². The van der Waals surface area contributed by atoms with Gasteiger partial charge in [-0.2, -0.15) is 0 Å². The Balaban J connectivity index is 1.69. The number of carbonyl (C=O) groups excluding carboxylic acids is 2. The molecule has 9 heteroatoms. The number of anilines is 1. The zero-order valence-electron chi connectivity index (χ0n) is 14.7. The number of fused-ring (bicyclic) bond motifs is 1. The van der Waals surface area contributed by atoms with E-state index in [4.69, 9.17) is 0 Å². The second-order valence-corrected chi connectivity index (χ2v) is 5.94. The van der Waals surface area contributed by atoms with Crippen molar-refractivity contribution in [1.29, 1.82) is 0 Å². The number of hydrogen-bond acceptors (Lipinski definition) is 4. The highest BCUT2D eigenvalue weighted by molar-refractivity contribution is 6.00. The first-order chi connectivity index (χ1) is 12.9. The maximum absolute atomic E-state index is 13.6. The summed E-state index contributed by atoms with van der Waals surface area (Å²) in [6.07, 6.45) is 0. The Bertz CT molecular complexity index is 1020. The van der Waals surface area contributed by atoms with Crippen molar-refractivity contribution in [2.75, 3.05) is 18.9 Å². The van der Waals surface area contributed by atoms with Crippen LogP contribution in [0.3, 0.4) is 0 Å². The zero-order chi connectivity index (χ0) is 19.6. The van der Waals surface area contributed by atoms with E-state index in [1.54, 1.807) is 22.9 Å². The van der Waals surface area contributed by atoms with Crippen molar-refractivity contribution in [3.05, 3.63) is 53.6 Å². The monoisotopic (exact) mass is 373 g/mol. The van der Waals surface area contributed by atoms with Crippen LogP contribution in [-0.2, 0) is 11.3 Å². The molecular formula is C18H17F2N5O2. The van der Waals surface area contributed by atoms with Crippen LogP contribution < -0.4 is 5.32 Å². The molecule has 0 aliphatic rings. The third kappa shape index (κ3) is 3.91. The molecule has 0 atom stereocenters. The second kappa shape index (κ2) is 7.48. The van der Waals surface area contributed by atoms with Crippen LogP contribution in [0.25, 0.3) is 11.0 Å². The molecule has 0 saturated heterocycles. The fraction of sp³-hybridized carbons (Fsp3) is 0.222. The fourth-order valence-electron chi connectivity index (χ4n) is 2.63. The Morgan fingerprint density at radius 3 is 2.70 bits per heavy atom. The van der Waals surface area contributed by atoms with Crippen LogP contribution in [0.15, 0.2) is 36.4 Å². The van der Waals surface area contributed by atoms with Crippen LogP contribution in [0.2, 0.25) is 0 Å². The van der Waals surface area contributed by atoms with Crippen molar-refractivity contribution in [3.8, 4) is 0 Å². The van der Waals surface area contributed by atoms with Gasteiger partial charge in [0.15, 0.2) is 0 Å². The van der Waals surface area contributed by atoms with Gasteiger partial charge >= 0.3 is 0 Å². The van der Waals surface area contributed by atoms with Gasteiger partial charge in [0, 0.05) is 25.2 Å². The summed E-state index contributed by atoms with van der Waals surface area (Å²) in [4.78, 5) is 25.8. The molecule has 3 rings (SSSR count). The van der Waals surface area contributed by atoms with Crippen LogP contribution in [-0.4, -0.2) is 45.3 Å². The Labute approximate surface area is 153 Å². The standard InChI is InChI=1S/C18H17F2N5O2/c1-3-25-16-7-4-11(8-15(16)22-23-25)18(27)24(2)10-17(26)21-14-9-12(19)5-6-13(14)20/h4-9H,3,10H2,1-2H3,(H,21,26). The van der Waals surface area contributed by atoms with Gasteiger partial charge in [0.2, 0.25) is 5.91 Å². The average Bonchev–Trinajstić information content (AvgIpc) is 3.06. The highest BCUT2D eigenvalue weighted by Gasteiger charge is 2.17. The third-order valence-electron chi connectivity index (χ3n) is 3.99. The molecule has 0 aliphatic heterocycles. The normalized spacial score (nSPS) is 10.8. The lowest BCUT2D eigenvalue weighted by atomic mass is 10.1. The van der Waals surface area contributed by atoms with Crippen molar-refractivity contribution < 1.29 is 18.4 Å². The van der Waals surface area contributed by atoms with Crippen molar-refractivity contribution in [2.45, 2.75) is 13.5 Å². The number of carbonyl (C=O) groups is 2. The molecule has 27 heavy (non-hydrogen) atoms. The number of benzene rings is 2. The Morgan fingerprint density at radius 1 is 1.19 bits per heavy atom. The summed E-state index contributed by atoms with van der Waals surface area (Å²) in [5.41, 5.74) is 1.44. The van der Waals surface area contributed by atoms with E-state index in [0.717, 1.165) is 23.7 Å². The van der Waals surface area contributed by atoms with E-state index in [2.05, 4.69) is 15.6 Å². The SMILES string of the molecule is CCn1nnc2cc(C(=O)N(C)CC(=O)Nc3cc(F)ccc3F)ccc21. The molecule has 7 nitrogen and oxygen atoms in total.